The Morgan fingerprint density at radius 1 is 1.57 bits per heavy atom. The maximum absolute atomic E-state index is 12.3. The Hall–Kier alpha value is -1.82. The van der Waals surface area contributed by atoms with Gasteiger partial charge in [-0.1, -0.05) is 0 Å². The molecule has 1 aliphatic heterocycles. The Labute approximate surface area is 128 Å². The third-order valence-electron chi connectivity index (χ3n) is 4.00. The molecule has 21 heavy (non-hydrogen) atoms. The Bertz CT molecular complexity index is 593. The number of nitrogens with one attached hydrogen (secondary N) is 1. The number of nitrogens with zero attached hydrogens (tertiary/aromatic N) is 3. The number of aryl methyl sites for hydroxylation is 1. The number of piperidine rings is 1. The van der Waals surface area contributed by atoms with Gasteiger partial charge in [0.1, 0.15) is 0 Å². The number of likely N-dealkylation sites (tertiary alicyclic amines) is 1. The highest BCUT2D eigenvalue weighted by molar-refractivity contribution is 7.10. The van der Waals surface area contributed by atoms with Crippen molar-refractivity contribution in [3.8, 4) is 0 Å². The second-order valence-electron chi connectivity index (χ2n) is 5.44. The fourth-order valence-corrected chi connectivity index (χ4v) is 3.57. The lowest BCUT2D eigenvalue weighted by atomic mass is 10.1. The minimum Gasteiger partial charge on any atom is -0.333 e. The van der Waals surface area contributed by atoms with Gasteiger partial charge in [-0.2, -0.15) is 0 Å². The van der Waals surface area contributed by atoms with Gasteiger partial charge in [0.05, 0.1) is 18.9 Å². The first-order valence-electron chi connectivity index (χ1n) is 7.27. The number of rotatable bonds is 3. The molecule has 0 saturated carbocycles. The number of hydrogen-bond acceptors (Lipinski definition) is 3. The first-order valence-corrected chi connectivity index (χ1v) is 8.15. The number of carbonyl (C=O) groups is 1. The summed E-state index contributed by atoms with van der Waals surface area (Å²) in [5.74, 6) is 0. The predicted octanol–water partition coefficient (Wildman–Crippen LogP) is 2.80. The van der Waals surface area contributed by atoms with E-state index in [9.17, 15) is 4.79 Å². The summed E-state index contributed by atoms with van der Waals surface area (Å²) in [7, 11) is 0. The van der Waals surface area contributed by atoms with E-state index in [4.69, 9.17) is 0 Å². The van der Waals surface area contributed by atoms with Crippen LogP contribution in [0.3, 0.4) is 0 Å². The van der Waals surface area contributed by atoms with Crippen LogP contribution in [0.25, 0.3) is 0 Å². The highest BCUT2D eigenvalue weighted by Crippen LogP contribution is 2.21. The smallest absolute Gasteiger partial charge is 0.317 e. The van der Waals surface area contributed by atoms with Crippen molar-refractivity contribution in [1.29, 1.82) is 0 Å². The summed E-state index contributed by atoms with van der Waals surface area (Å²) >= 11 is 1.69. The van der Waals surface area contributed by atoms with Crippen LogP contribution in [0.5, 0.6) is 0 Å². The molecule has 6 heteroatoms. The van der Waals surface area contributed by atoms with Gasteiger partial charge in [-0.15, -0.1) is 11.3 Å². The molecule has 1 N–H and O–H groups in total. The highest BCUT2D eigenvalue weighted by Gasteiger charge is 2.24. The lowest BCUT2D eigenvalue weighted by Crippen LogP contribution is -2.45. The van der Waals surface area contributed by atoms with Crippen LogP contribution in [-0.4, -0.2) is 33.6 Å². The molecule has 1 aliphatic rings. The molecule has 0 bridgehead atoms. The Balaban J connectivity index is 1.56. The molecule has 3 rings (SSSR count). The number of aromatic nitrogens is 2. The molecule has 0 spiro atoms. The van der Waals surface area contributed by atoms with E-state index >= 15 is 0 Å². The van der Waals surface area contributed by atoms with Crippen LogP contribution in [0, 0.1) is 6.92 Å². The van der Waals surface area contributed by atoms with Crippen LogP contribution in [0.2, 0.25) is 0 Å². The van der Waals surface area contributed by atoms with Crippen molar-refractivity contribution in [3.63, 3.8) is 0 Å². The van der Waals surface area contributed by atoms with Crippen LogP contribution in [0.15, 0.2) is 30.2 Å². The van der Waals surface area contributed by atoms with Gasteiger partial charge in [-0.25, -0.2) is 9.78 Å². The van der Waals surface area contributed by atoms with Crippen LogP contribution in [0.4, 0.5) is 4.79 Å². The average Bonchev–Trinajstić information content (AvgIpc) is 3.16. The summed E-state index contributed by atoms with van der Waals surface area (Å²) in [5.41, 5.74) is 1.25. The van der Waals surface area contributed by atoms with Crippen LogP contribution >= 0.6 is 11.3 Å². The van der Waals surface area contributed by atoms with E-state index < -0.39 is 0 Å². The van der Waals surface area contributed by atoms with Crippen molar-refractivity contribution >= 4 is 17.4 Å². The number of amides is 2. The van der Waals surface area contributed by atoms with Gasteiger partial charge in [-0.05, 0) is 36.8 Å². The zero-order valence-electron chi connectivity index (χ0n) is 12.2. The average molecular weight is 304 g/mol. The molecule has 0 aromatic carbocycles. The van der Waals surface area contributed by atoms with Gasteiger partial charge in [0, 0.05) is 30.4 Å². The van der Waals surface area contributed by atoms with Crippen molar-refractivity contribution in [3.05, 3.63) is 40.6 Å². The molecule has 0 radical (unpaired) electrons. The molecule has 2 amide bonds. The maximum atomic E-state index is 12.3. The molecule has 112 valence electrons. The summed E-state index contributed by atoms with van der Waals surface area (Å²) in [6.45, 7) is 4.29. The first-order chi connectivity index (χ1) is 10.2. The Morgan fingerprint density at radius 3 is 3.19 bits per heavy atom. The van der Waals surface area contributed by atoms with Crippen molar-refractivity contribution in [1.82, 2.24) is 19.8 Å². The van der Waals surface area contributed by atoms with E-state index in [0.29, 0.717) is 12.6 Å². The number of urea groups is 1. The highest BCUT2D eigenvalue weighted by atomic mass is 32.1. The molecular weight excluding hydrogens is 284 g/mol. The van der Waals surface area contributed by atoms with Crippen molar-refractivity contribution < 1.29 is 4.79 Å². The second kappa shape index (κ2) is 6.30. The monoisotopic (exact) mass is 304 g/mol. The van der Waals surface area contributed by atoms with Gasteiger partial charge in [0.25, 0.3) is 0 Å². The fraction of sp³-hybridized carbons (Fsp3) is 0.467. The van der Waals surface area contributed by atoms with Crippen LogP contribution in [0.1, 0.15) is 29.3 Å². The van der Waals surface area contributed by atoms with Crippen molar-refractivity contribution in [2.24, 2.45) is 0 Å². The number of carbonyl (C=O) groups excluding carboxylic acids is 1. The summed E-state index contributed by atoms with van der Waals surface area (Å²) in [6.07, 6.45) is 7.74. The van der Waals surface area contributed by atoms with E-state index in [2.05, 4.69) is 33.2 Å². The summed E-state index contributed by atoms with van der Waals surface area (Å²) in [4.78, 5) is 19.5. The van der Waals surface area contributed by atoms with Crippen molar-refractivity contribution in [2.45, 2.75) is 32.4 Å². The van der Waals surface area contributed by atoms with E-state index in [0.717, 1.165) is 25.9 Å². The van der Waals surface area contributed by atoms with Gasteiger partial charge < -0.3 is 14.8 Å². The minimum atomic E-state index is 0.0348. The van der Waals surface area contributed by atoms with Crippen molar-refractivity contribution in [2.75, 3.05) is 13.1 Å². The first kappa shape index (κ1) is 14.1. The van der Waals surface area contributed by atoms with E-state index in [-0.39, 0.29) is 6.03 Å². The lowest BCUT2D eigenvalue weighted by molar-refractivity contribution is 0.166. The van der Waals surface area contributed by atoms with E-state index in [1.54, 1.807) is 17.5 Å². The predicted molar refractivity (Wildman–Crippen MR) is 83.4 cm³/mol. The second-order valence-corrected chi connectivity index (χ2v) is 6.44. The fourth-order valence-electron chi connectivity index (χ4n) is 2.72. The topological polar surface area (TPSA) is 50.2 Å². The van der Waals surface area contributed by atoms with Gasteiger partial charge in [0.15, 0.2) is 0 Å². The molecule has 1 saturated heterocycles. The third kappa shape index (κ3) is 3.26. The molecule has 1 atom stereocenters. The molecule has 3 heterocycles. The van der Waals surface area contributed by atoms with Gasteiger partial charge in [0.2, 0.25) is 0 Å². The van der Waals surface area contributed by atoms with Crippen LogP contribution < -0.4 is 5.32 Å². The lowest BCUT2D eigenvalue weighted by Gasteiger charge is -2.33. The Morgan fingerprint density at radius 2 is 2.48 bits per heavy atom. The molecule has 0 aliphatic carbocycles. The molecule has 1 fully saturated rings. The summed E-state index contributed by atoms with van der Waals surface area (Å²) < 4.78 is 2.10. The Kier molecular flexibility index (Phi) is 4.24. The summed E-state index contributed by atoms with van der Waals surface area (Å²) in [6, 6.07) is 2.46. The van der Waals surface area contributed by atoms with E-state index in [1.165, 1.54) is 10.4 Å². The number of hydrogen-bond donors (Lipinski definition) is 1. The molecule has 1 unspecified atom stereocenters. The van der Waals surface area contributed by atoms with Gasteiger partial charge >= 0.3 is 6.03 Å². The quantitative estimate of drug-likeness (QED) is 0.948. The number of thiophene rings is 1. The zero-order valence-corrected chi connectivity index (χ0v) is 13.0. The maximum Gasteiger partial charge on any atom is 0.317 e. The number of imidazole rings is 1. The van der Waals surface area contributed by atoms with Gasteiger partial charge in [-0.3, -0.25) is 0 Å². The third-order valence-corrected chi connectivity index (χ3v) is 5.02. The minimum absolute atomic E-state index is 0.0348. The normalized spacial score (nSPS) is 18.7. The van der Waals surface area contributed by atoms with E-state index in [1.807, 2.05) is 17.4 Å². The SMILES string of the molecule is Cc1ccsc1CNC(=O)N1CCCC(n2ccnc2)C1. The zero-order chi connectivity index (χ0) is 14.7. The summed E-state index contributed by atoms with van der Waals surface area (Å²) in [5, 5.41) is 5.10. The van der Waals surface area contributed by atoms with Crippen LogP contribution in [-0.2, 0) is 6.54 Å². The largest absolute Gasteiger partial charge is 0.333 e. The molecule has 5 nitrogen and oxygen atoms in total. The molecular formula is C15H20N4OS. The molecule has 2 aromatic heterocycles. The standard InChI is InChI=1S/C15H20N4OS/c1-12-4-8-21-14(12)9-17-15(20)18-6-2-3-13(10-18)19-7-5-16-11-19/h4-5,7-8,11,13H,2-3,6,9-10H2,1H3,(H,17,20). The molecule has 2 aromatic rings.